The van der Waals surface area contributed by atoms with Crippen molar-refractivity contribution in [3.8, 4) is 0 Å². The van der Waals surface area contributed by atoms with Crippen molar-refractivity contribution in [2.75, 3.05) is 19.0 Å². The lowest BCUT2D eigenvalue weighted by Crippen LogP contribution is -2.14. The Bertz CT molecular complexity index is 324. The number of ether oxygens (including phenoxy) is 1. The Morgan fingerprint density at radius 2 is 0.938 bits per heavy atom. The average molecular weight is 472 g/mol. The molecule has 0 saturated heterocycles. The van der Waals surface area contributed by atoms with Gasteiger partial charge in [-0.25, -0.2) is 5.11 Å². The van der Waals surface area contributed by atoms with E-state index in [1.165, 1.54) is 141 Å². The molecular formula is C29H59O2S. The Morgan fingerprint density at radius 1 is 0.531 bits per heavy atom. The molecule has 1 unspecified atom stereocenters. The minimum absolute atomic E-state index is 0.112. The summed E-state index contributed by atoms with van der Waals surface area (Å²) in [5, 5.41) is 10.4. The average Bonchev–Trinajstić information content (AvgIpc) is 2.81. The van der Waals surface area contributed by atoms with Gasteiger partial charge in [0.2, 0.25) is 0 Å². The molecule has 0 rings (SSSR count). The molecule has 0 aliphatic rings. The van der Waals surface area contributed by atoms with Gasteiger partial charge in [-0.1, -0.05) is 129 Å². The number of unbranched alkanes of at least 4 members (excludes halogenated alkanes) is 19. The molecule has 0 aromatic heterocycles. The van der Waals surface area contributed by atoms with E-state index in [-0.39, 0.29) is 6.61 Å². The fraction of sp³-hybridized carbons (Fsp3) is 1.00. The topological polar surface area (TPSA) is 29.1 Å². The van der Waals surface area contributed by atoms with Gasteiger partial charge in [-0.2, -0.15) is 12.6 Å². The molecule has 0 aliphatic heterocycles. The first kappa shape index (κ1) is 32.3. The Kier molecular flexibility index (Phi) is 29.5. The summed E-state index contributed by atoms with van der Waals surface area (Å²) in [4.78, 5) is 0. The summed E-state index contributed by atoms with van der Waals surface area (Å²) in [5.41, 5.74) is 0. The van der Waals surface area contributed by atoms with Gasteiger partial charge in [0, 0.05) is 6.61 Å². The maximum absolute atomic E-state index is 10.4. The van der Waals surface area contributed by atoms with Crippen molar-refractivity contribution in [2.24, 2.45) is 0 Å². The zero-order chi connectivity index (χ0) is 23.4. The molecule has 0 amide bonds. The van der Waals surface area contributed by atoms with E-state index in [4.69, 9.17) is 4.74 Å². The molecule has 0 aromatic rings. The Balaban J connectivity index is 3.47. The van der Waals surface area contributed by atoms with E-state index in [2.05, 4.69) is 19.6 Å². The largest absolute Gasteiger partial charge is 0.378 e. The highest BCUT2D eigenvalue weighted by Gasteiger charge is 2.08. The summed E-state index contributed by atoms with van der Waals surface area (Å²) < 4.78 is 6.26. The standard InChI is InChI=1S/C29H59O2S/c1-2-3-4-5-6-11-14-17-20-24-29(25-23-28-32)31-27-22-19-16-13-10-8-7-9-12-15-18-21-26-30/h29,32H,2-28H2,1H3. The van der Waals surface area contributed by atoms with E-state index in [9.17, 15) is 5.11 Å². The normalized spacial score (nSPS) is 12.5. The molecule has 2 nitrogen and oxygen atoms in total. The van der Waals surface area contributed by atoms with Gasteiger partial charge in [0.1, 0.15) is 0 Å². The van der Waals surface area contributed by atoms with Gasteiger partial charge < -0.3 is 4.74 Å². The second kappa shape index (κ2) is 29.3. The van der Waals surface area contributed by atoms with Crippen LogP contribution in [0.3, 0.4) is 0 Å². The van der Waals surface area contributed by atoms with E-state index in [1.54, 1.807) is 0 Å². The molecule has 0 aliphatic carbocycles. The second-order valence-corrected chi connectivity index (χ2v) is 10.4. The molecular weight excluding hydrogens is 412 g/mol. The lowest BCUT2D eigenvalue weighted by molar-refractivity contribution is 0.0372. The molecule has 0 heterocycles. The van der Waals surface area contributed by atoms with E-state index < -0.39 is 0 Å². The summed E-state index contributed by atoms with van der Waals surface area (Å²) in [5.74, 6) is 0.984. The van der Waals surface area contributed by atoms with Crippen LogP contribution in [0, 0.1) is 0 Å². The monoisotopic (exact) mass is 471 g/mol. The van der Waals surface area contributed by atoms with Crippen LogP contribution in [0.2, 0.25) is 0 Å². The summed E-state index contributed by atoms with van der Waals surface area (Å²) in [6, 6.07) is 0. The maximum Gasteiger partial charge on any atom is 0.0822 e. The van der Waals surface area contributed by atoms with Gasteiger partial charge >= 0.3 is 0 Å². The number of hydrogen-bond acceptors (Lipinski definition) is 2. The summed E-state index contributed by atoms with van der Waals surface area (Å²) in [6.45, 7) is 3.36. The minimum Gasteiger partial charge on any atom is -0.378 e. The van der Waals surface area contributed by atoms with Crippen LogP contribution in [-0.4, -0.2) is 25.1 Å². The smallest absolute Gasteiger partial charge is 0.0822 e. The third-order valence-electron chi connectivity index (χ3n) is 6.71. The molecule has 0 fully saturated rings. The number of thiol groups is 1. The Hall–Kier alpha value is 0.270. The van der Waals surface area contributed by atoms with Crippen LogP contribution in [-0.2, 0) is 9.84 Å². The SMILES string of the molecule is CCCCCCCCCCCC(CCCS)OCCCCCCCCCCCCCC[O]. The lowest BCUT2D eigenvalue weighted by atomic mass is 10.0. The first-order valence-corrected chi connectivity index (χ1v) is 15.3. The number of hydrogen-bond donors (Lipinski definition) is 1. The van der Waals surface area contributed by atoms with Gasteiger partial charge in [0.15, 0.2) is 0 Å². The molecule has 0 saturated carbocycles. The highest BCUT2D eigenvalue weighted by molar-refractivity contribution is 7.80. The maximum atomic E-state index is 10.4. The second-order valence-electron chi connectivity index (χ2n) is 9.92. The quantitative estimate of drug-likeness (QED) is 0.0892. The van der Waals surface area contributed by atoms with Crippen molar-refractivity contribution in [1.29, 1.82) is 0 Å². The van der Waals surface area contributed by atoms with Gasteiger partial charge in [-0.3, -0.25) is 0 Å². The van der Waals surface area contributed by atoms with Crippen molar-refractivity contribution >= 4 is 12.6 Å². The van der Waals surface area contributed by atoms with Gasteiger partial charge in [-0.15, -0.1) is 0 Å². The van der Waals surface area contributed by atoms with Crippen molar-refractivity contribution < 1.29 is 9.84 Å². The van der Waals surface area contributed by atoms with E-state index in [1.807, 2.05) is 0 Å². The van der Waals surface area contributed by atoms with Gasteiger partial charge in [-0.05, 0) is 37.9 Å². The summed E-state index contributed by atoms with van der Waals surface area (Å²) in [6.07, 6.45) is 32.2. The molecule has 3 heteroatoms. The highest BCUT2D eigenvalue weighted by Crippen LogP contribution is 2.17. The molecule has 0 bridgehead atoms. The van der Waals surface area contributed by atoms with Crippen molar-refractivity contribution in [1.82, 2.24) is 0 Å². The van der Waals surface area contributed by atoms with Crippen molar-refractivity contribution in [3.63, 3.8) is 0 Å². The summed E-state index contributed by atoms with van der Waals surface area (Å²) in [7, 11) is 0. The molecule has 1 radical (unpaired) electrons. The van der Waals surface area contributed by atoms with Gasteiger partial charge in [0.25, 0.3) is 0 Å². The highest BCUT2D eigenvalue weighted by atomic mass is 32.1. The van der Waals surface area contributed by atoms with Crippen LogP contribution in [0.15, 0.2) is 0 Å². The lowest BCUT2D eigenvalue weighted by Gasteiger charge is -2.17. The van der Waals surface area contributed by atoms with Crippen LogP contribution in [0.5, 0.6) is 0 Å². The predicted molar refractivity (Wildman–Crippen MR) is 146 cm³/mol. The molecule has 0 spiro atoms. The van der Waals surface area contributed by atoms with E-state index in [0.29, 0.717) is 6.10 Å². The Morgan fingerprint density at radius 3 is 1.41 bits per heavy atom. The fourth-order valence-corrected chi connectivity index (χ4v) is 4.72. The molecule has 193 valence electrons. The zero-order valence-corrected chi connectivity index (χ0v) is 22.8. The van der Waals surface area contributed by atoms with Gasteiger partial charge in [0.05, 0.1) is 12.7 Å². The van der Waals surface area contributed by atoms with Crippen LogP contribution in [0.25, 0.3) is 0 Å². The van der Waals surface area contributed by atoms with Crippen LogP contribution < -0.4 is 0 Å². The van der Waals surface area contributed by atoms with Crippen molar-refractivity contribution in [2.45, 2.75) is 167 Å². The number of rotatable bonds is 28. The van der Waals surface area contributed by atoms with Crippen LogP contribution >= 0.6 is 12.6 Å². The van der Waals surface area contributed by atoms with Crippen molar-refractivity contribution in [3.05, 3.63) is 0 Å². The third-order valence-corrected chi connectivity index (χ3v) is 7.02. The predicted octanol–water partition coefficient (Wildman–Crippen LogP) is 10.1. The first-order chi connectivity index (χ1) is 15.8. The zero-order valence-electron chi connectivity index (χ0n) is 21.9. The van der Waals surface area contributed by atoms with Crippen LogP contribution in [0.4, 0.5) is 0 Å². The summed E-state index contributed by atoms with van der Waals surface area (Å²) >= 11 is 4.40. The first-order valence-electron chi connectivity index (χ1n) is 14.7. The van der Waals surface area contributed by atoms with Crippen LogP contribution in [0.1, 0.15) is 161 Å². The molecule has 0 N–H and O–H groups in total. The molecule has 1 atom stereocenters. The Labute approximate surface area is 208 Å². The molecule has 32 heavy (non-hydrogen) atoms. The molecule has 0 aromatic carbocycles. The fourth-order valence-electron chi connectivity index (χ4n) is 4.53. The van der Waals surface area contributed by atoms with E-state index >= 15 is 0 Å². The van der Waals surface area contributed by atoms with E-state index in [0.717, 1.165) is 25.2 Å². The minimum atomic E-state index is 0.112. The third kappa shape index (κ3) is 26.5.